The van der Waals surface area contributed by atoms with Gasteiger partial charge in [0.2, 0.25) is 0 Å². The summed E-state index contributed by atoms with van der Waals surface area (Å²) in [7, 11) is 1.53. The SMILES string of the molecule is CNC(=O)c1ccn(C2CCC2C(=O)O)n1. The monoisotopic (exact) mass is 223 g/mol. The van der Waals surface area contributed by atoms with E-state index in [-0.39, 0.29) is 17.9 Å². The maximum absolute atomic E-state index is 11.3. The van der Waals surface area contributed by atoms with Gasteiger partial charge in [0.05, 0.1) is 12.0 Å². The van der Waals surface area contributed by atoms with Crippen LogP contribution in [-0.2, 0) is 4.79 Å². The quantitative estimate of drug-likeness (QED) is 0.770. The molecule has 1 amide bonds. The van der Waals surface area contributed by atoms with E-state index in [1.54, 1.807) is 16.9 Å². The molecule has 0 bridgehead atoms. The van der Waals surface area contributed by atoms with Crippen LogP contribution in [0, 0.1) is 5.92 Å². The maximum Gasteiger partial charge on any atom is 0.308 e. The highest BCUT2D eigenvalue weighted by atomic mass is 16.4. The van der Waals surface area contributed by atoms with Gasteiger partial charge in [-0.05, 0) is 18.9 Å². The number of rotatable bonds is 3. The van der Waals surface area contributed by atoms with Crippen LogP contribution < -0.4 is 5.32 Å². The topological polar surface area (TPSA) is 84.2 Å². The molecule has 0 aliphatic heterocycles. The van der Waals surface area contributed by atoms with E-state index in [1.807, 2.05) is 0 Å². The molecular weight excluding hydrogens is 210 g/mol. The molecule has 6 nitrogen and oxygen atoms in total. The molecule has 2 N–H and O–H groups in total. The third-order valence-electron chi connectivity index (χ3n) is 2.96. The van der Waals surface area contributed by atoms with Gasteiger partial charge in [0.15, 0.2) is 0 Å². The Bertz CT molecular complexity index is 427. The van der Waals surface area contributed by atoms with Gasteiger partial charge in [0.1, 0.15) is 5.69 Å². The van der Waals surface area contributed by atoms with Crippen LogP contribution >= 0.6 is 0 Å². The van der Waals surface area contributed by atoms with Gasteiger partial charge in [0, 0.05) is 13.2 Å². The number of carbonyl (C=O) groups excluding carboxylic acids is 1. The molecular formula is C10H13N3O3. The van der Waals surface area contributed by atoms with Crippen molar-refractivity contribution in [2.75, 3.05) is 7.05 Å². The first-order valence-electron chi connectivity index (χ1n) is 5.13. The largest absolute Gasteiger partial charge is 0.481 e. The molecule has 1 aromatic rings. The normalized spacial score (nSPS) is 23.6. The zero-order chi connectivity index (χ0) is 11.7. The minimum Gasteiger partial charge on any atom is -0.481 e. The summed E-state index contributed by atoms with van der Waals surface area (Å²) in [5, 5.41) is 15.5. The van der Waals surface area contributed by atoms with E-state index in [0.29, 0.717) is 12.1 Å². The van der Waals surface area contributed by atoms with Crippen molar-refractivity contribution in [2.45, 2.75) is 18.9 Å². The summed E-state index contributed by atoms with van der Waals surface area (Å²) in [5.74, 6) is -1.43. The maximum atomic E-state index is 11.3. The second-order valence-electron chi connectivity index (χ2n) is 3.85. The van der Waals surface area contributed by atoms with Crippen molar-refractivity contribution in [3.63, 3.8) is 0 Å². The van der Waals surface area contributed by atoms with Crippen molar-refractivity contribution in [2.24, 2.45) is 5.92 Å². The highest BCUT2D eigenvalue weighted by Crippen LogP contribution is 2.38. The van der Waals surface area contributed by atoms with E-state index in [0.717, 1.165) is 6.42 Å². The first kappa shape index (κ1) is 10.7. The molecule has 0 aromatic carbocycles. The number of carbonyl (C=O) groups is 2. The number of aliphatic carboxylic acids is 1. The molecule has 1 aliphatic rings. The lowest BCUT2D eigenvalue weighted by Gasteiger charge is -2.33. The average Bonchev–Trinajstić information content (AvgIpc) is 2.63. The van der Waals surface area contributed by atoms with Crippen molar-refractivity contribution in [1.29, 1.82) is 0 Å². The molecule has 2 unspecified atom stereocenters. The van der Waals surface area contributed by atoms with Crippen molar-refractivity contribution < 1.29 is 14.7 Å². The molecule has 1 heterocycles. The Hall–Kier alpha value is -1.85. The fraction of sp³-hybridized carbons (Fsp3) is 0.500. The van der Waals surface area contributed by atoms with Gasteiger partial charge in [-0.2, -0.15) is 5.10 Å². The van der Waals surface area contributed by atoms with E-state index < -0.39 is 5.97 Å². The summed E-state index contributed by atoms with van der Waals surface area (Å²) in [6, 6.07) is 1.48. The van der Waals surface area contributed by atoms with E-state index in [4.69, 9.17) is 5.11 Å². The summed E-state index contributed by atoms with van der Waals surface area (Å²) >= 11 is 0. The predicted octanol–water partition coefficient (Wildman–Crippen LogP) is 0.278. The number of amides is 1. The number of nitrogens with one attached hydrogen (secondary N) is 1. The van der Waals surface area contributed by atoms with E-state index >= 15 is 0 Å². The van der Waals surface area contributed by atoms with Crippen LogP contribution in [0.1, 0.15) is 29.4 Å². The summed E-state index contributed by atoms with van der Waals surface area (Å²) in [4.78, 5) is 22.1. The summed E-state index contributed by atoms with van der Waals surface area (Å²) in [6.07, 6.45) is 3.13. The van der Waals surface area contributed by atoms with Crippen LogP contribution in [0.5, 0.6) is 0 Å². The summed E-state index contributed by atoms with van der Waals surface area (Å²) in [5.41, 5.74) is 0.318. The molecule has 6 heteroatoms. The summed E-state index contributed by atoms with van der Waals surface area (Å²) < 4.78 is 1.58. The minimum atomic E-state index is -0.798. The fourth-order valence-electron chi connectivity index (χ4n) is 1.86. The Morgan fingerprint density at radius 2 is 2.31 bits per heavy atom. The van der Waals surface area contributed by atoms with Crippen LogP contribution in [0.15, 0.2) is 12.3 Å². The fourth-order valence-corrected chi connectivity index (χ4v) is 1.86. The van der Waals surface area contributed by atoms with Gasteiger partial charge < -0.3 is 10.4 Å². The highest BCUT2D eigenvalue weighted by Gasteiger charge is 2.38. The number of nitrogens with zero attached hydrogens (tertiary/aromatic N) is 2. The van der Waals surface area contributed by atoms with Crippen molar-refractivity contribution in [3.05, 3.63) is 18.0 Å². The Labute approximate surface area is 92.3 Å². The highest BCUT2D eigenvalue weighted by molar-refractivity contribution is 5.91. The van der Waals surface area contributed by atoms with E-state index in [1.165, 1.54) is 7.05 Å². The molecule has 2 rings (SSSR count). The Morgan fingerprint density at radius 1 is 1.56 bits per heavy atom. The van der Waals surface area contributed by atoms with Crippen LogP contribution in [0.25, 0.3) is 0 Å². The van der Waals surface area contributed by atoms with Gasteiger partial charge in [0.25, 0.3) is 5.91 Å². The first-order valence-corrected chi connectivity index (χ1v) is 5.13. The molecule has 2 atom stereocenters. The van der Waals surface area contributed by atoms with Crippen LogP contribution in [0.3, 0.4) is 0 Å². The van der Waals surface area contributed by atoms with Crippen LogP contribution in [0.4, 0.5) is 0 Å². The number of aromatic nitrogens is 2. The Morgan fingerprint density at radius 3 is 2.81 bits per heavy atom. The molecule has 0 spiro atoms. The van der Waals surface area contributed by atoms with Crippen LogP contribution in [0.2, 0.25) is 0 Å². The molecule has 1 aliphatic carbocycles. The number of carboxylic acids is 1. The second-order valence-corrected chi connectivity index (χ2v) is 3.85. The molecule has 1 fully saturated rings. The van der Waals surface area contributed by atoms with E-state index in [2.05, 4.69) is 10.4 Å². The second kappa shape index (κ2) is 3.96. The lowest BCUT2D eigenvalue weighted by molar-refractivity contribution is -0.147. The zero-order valence-electron chi connectivity index (χ0n) is 8.88. The standard InChI is InChI=1S/C10H13N3O3/c1-11-9(14)7-4-5-13(12-7)8-3-2-6(8)10(15)16/h4-6,8H,2-3H2,1H3,(H,11,14)(H,15,16). The van der Waals surface area contributed by atoms with Crippen molar-refractivity contribution >= 4 is 11.9 Å². The third-order valence-corrected chi connectivity index (χ3v) is 2.96. The predicted molar refractivity (Wildman–Crippen MR) is 55.0 cm³/mol. The van der Waals surface area contributed by atoms with Gasteiger partial charge in [-0.1, -0.05) is 0 Å². The molecule has 16 heavy (non-hydrogen) atoms. The van der Waals surface area contributed by atoms with Gasteiger partial charge in [-0.3, -0.25) is 14.3 Å². The smallest absolute Gasteiger partial charge is 0.308 e. The van der Waals surface area contributed by atoms with E-state index in [9.17, 15) is 9.59 Å². The van der Waals surface area contributed by atoms with Crippen molar-refractivity contribution in [1.82, 2.24) is 15.1 Å². The van der Waals surface area contributed by atoms with Crippen LogP contribution in [-0.4, -0.2) is 33.8 Å². The number of hydrogen-bond acceptors (Lipinski definition) is 3. The molecule has 0 saturated heterocycles. The van der Waals surface area contributed by atoms with Gasteiger partial charge in [-0.15, -0.1) is 0 Å². The average molecular weight is 223 g/mol. The lowest BCUT2D eigenvalue weighted by atomic mass is 9.80. The minimum absolute atomic E-state index is 0.115. The molecule has 1 aromatic heterocycles. The lowest BCUT2D eigenvalue weighted by Crippen LogP contribution is -2.35. The van der Waals surface area contributed by atoms with Gasteiger partial charge in [-0.25, -0.2) is 0 Å². The molecule has 0 radical (unpaired) electrons. The third kappa shape index (κ3) is 1.66. The molecule has 1 saturated carbocycles. The summed E-state index contributed by atoms with van der Waals surface area (Å²) in [6.45, 7) is 0. The van der Waals surface area contributed by atoms with Gasteiger partial charge >= 0.3 is 5.97 Å². The number of carboxylic acid groups (broad SMARTS) is 1. The Balaban J connectivity index is 2.13. The number of hydrogen-bond donors (Lipinski definition) is 2. The Kier molecular flexibility index (Phi) is 2.64. The zero-order valence-corrected chi connectivity index (χ0v) is 8.88. The molecule has 86 valence electrons. The first-order chi connectivity index (χ1) is 7.63. The van der Waals surface area contributed by atoms with Crippen molar-refractivity contribution in [3.8, 4) is 0 Å².